The number of aromatic nitrogens is 2. The Bertz CT molecular complexity index is 898. The van der Waals surface area contributed by atoms with E-state index in [1.165, 1.54) is 19.0 Å². The summed E-state index contributed by atoms with van der Waals surface area (Å²) >= 11 is 0. The number of rotatable bonds is 3. The number of hydrogen-bond donors (Lipinski definition) is 1. The van der Waals surface area contributed by atoms with Crippen molar-refractivity contribution in [3.63, 3.8) is 0 Å². The number of amides is 1. The monoisotopic (exact) mass is 426 g/mol. The molecule has 0 aromatic carbocycles. The largest absolute Gasteiger partial charge is 0.490 e. The molecule has 0 radical (unpaired) electrons. The summed E-state index contributed by atoms with van der Waals surface area (Å²) < 4.78 is 36.8. The molecule has 0 bridgehead atoms. The molecule has 0 saturated heterocycles. The van der Waals surface area contributed by atoms with E-state index in [0.29, 0.717) is 18.8 Å². The molecule has 1 aliphatic heterocycles. The summed E-state index contributed by atoms with van der Waals surface area (Å²) in [5, 5.41) is 10.8. The second kappa shape index (κ2) is 8.72. The van der Waals surface area contributed by atoms with Gasteiger partial charge >= 0.3 is 12.1 Å². The van der Waals surface area contributed by atoms with Gasteiger partial charge in [-0.2, -0.15) is 13.2 Å². The Morgan fingerprint density at radius 3 is 2.50 bits per heavy atom. The number of hydrogen-bond acceptors (Lipinski definition) is 6. The Balaban J connectivity index is 0.000000318. The number of nitrogens with zero attached hydrogens (tertiary/aromatic N) is 4. The molecule has 1 fully saturated rings. The van der Waals surface area contributed by atoms with Crippen molar-refractivity contribution in [1.29, 1.82) is 0 Å². The van der Waals surface area contributed by atoms with Gasteiger partial charge in [-0.05, 0) is 31.7 Å². The van der Waals surface area contributed by atoms with Gasteiger partial charge < -0.3 is 19.4 Å². The molecule has 162 valence electrons. The van der Waals surface area contributed by atoms with Gasteiger partial charge in [0.1, 0.15) is 5.82 Å². The second-order valence-corrected chi connectivity index (χ2v) is 7.23. The summed E-state index contributed by atoms with van der Waals surface area (Å²) in [7, 11) is 0. The number of halogens is 3. The predicted octanol–water partition coefficient (Wildman–Crippen LogP) is 2.88. The van der Waals surface area contributed by atoms with Gasteiger partial charge in [-0.15, -0.1) is 0 Å². The average Bonchev–Trinajstić information content (AvgIpc) is 3.37. The Labute approximate surface area is 170 Å². The highest BCUT2D eigenvalue weighted by Gasteiger charge is 2.38. The minimum atomic E-state index is -5.08. The predicted molar refractivity (Wildman–Crippen MR) is 98.8 cm³/mol. The van der Waals surface area contributed by atoms with Crippen LogP contribution in [0.15, 0.2) is 28.9 Å². The third-order valence-electron chi connectivity index (χ3n) is 4.75. The number of carbonyl (C=O) groups is 2. The number of carboxylic acids is 1. The summed E-state index contributed by atoms with van der Waals surface area (Å²) in [6, 6.07) is 5.71. The maximum atomic E-state index is 12.6. The van der Waals surface area contributed by atoms with E-state index in [0.717, 1.165) is 36.1 Å². The molecule has 2 aromatic rings. The van der Waals surface area contributed by atoms with Crippen molar-refractivity contribution in [3.8, 4) is 0 Å². The molecule has 0 atom stereocenters. The first-order valence-corrected chi connectivity index (χ1v) is 9.36. The van der Waals surface area contributed by atoms with Crippen LogP contribution in [0.2, 0.25) is 0 Å². The van der Waals surface area contributed by atoms with Crippen LogP contribution in [0.5, 0.6) is 0 Å². The van der Waals surface area contributed by atoms with Gasteiger partial charge in [-0.1, -0.05) is 11.2 Å². The molecule has 1 N–H and O–H groups in total. The van der Waals surface area contributed by atoms with Crippen LogP contribution in [0.4, 0.5) is 19.0 Å². The average molecular weight is 426 g/mol. The van der Waals surface area contributed by atoms with E-state index in [-0.39, 0.29) is 5.91 Å². The fraction of sp³-hybridized carbons (Fsp3) is 0.474. The third kappa shape index (κ3) is 5.49. The molecule has 0 unspecified atom stereocenters. The number of fused-ring (bicyclic) bond motifs is 1. The van der Waals surface area contributed by atoms with Gasteiger partial charge in [0.15, 0.2) is 0 Å². The van der Waals surface area contributed by atoms with Gasteiger partial charge in [-0.3, -0.25) is 4.79 Å². The van der Waals surface area contributed by atoms with E-state index < -0.39 is 12.1 Å². The van der Waals surface area contributed by atoms with Crippen molar-refractivity contribution in [2.45, 2.75) is 32.5 Å². The number of aryl methyl sites for hydroxylation is 1. The molecular formula is C19H21F3N4O4. The van der Waals surface area contributed by atoms with Gasteiger partial charge in [0, 0.05) is 43.5 Å². The lowest BCUT2D eigenvalue weighted by molar-refractivity contribution is -0.192. The molecule has 0 spiro atoms. The molecule has 8 nitrogen and oxygen atoms in total. The minimum absolute atomic E-state index is 0.109. The Hall–Kier alpha value is -3.11. The lowest BCUT2D eigenvalue weighted by Crippen LogP contribution is -2.36. The fourth-order valence-electron chi connectivity index (χ4n) is 3.05. The smallest absolute Gasteiger partial charge is 0.475 e. The van der Waals surface area contributed by atoms with E-state index in [4.69, 9.17) is 19.4 Å². The van der Waals surface area contributed by atoms with E-state index >= 15 is 0 Å². The molecule has 2 aliphatic rings. The highest BCUT2D eigenvalue weighted by atomic mass is 19.4. The number of alkyl halides is 3. The molecule has 2 aromatic heterocycles. The van der Waals surface area contributed by atoms with Crippen molar-refractivity contribution >= 4 is 17.7 Å². The van der Waals surface area contributed by atoms with Gasteiger partial charge in [0.2, 0.25) is 5.76 Å². The van der Waals surface area contributed by atoms with Gasteiger partial charge in [0.05, 0.1) is 6.20 Å². The van der Waals surface area contributed by atoms with Crippen LogP contribution < -0.4 is 4.90 Å². The number of aliphatic carboxylic acids is 1. The summed E-state index contributed by atoms with van der Waals surface area (Å²) in [6.45, 7) is 5.08. The van der Waals surface area contributed by atoms with Crippen molar-refractivity contribution in [1.82, 2.24) is 15.0 Å². The highest BCUT2D eigenvalue weighted by Crippen LogP contribution is 2.33. The lowest BCUT2D eigenvalue weighted by atomic mass is 10.2. The molecule has 1 amide bonds. The zero-order valence-corrected chi connectivity index (χ0v) is 16.2. The fourth-order valence-corrected chi connectivity index (χ4v) is 3.05. The van der Waals surface area contributed by atoms with Crippen LogP contribution in [0.3, 0.4) is 0 Å². The first-order chi connectivity index (χ1) is 14.1. The summed E-state index contributed by atoms with van der Waals surface area (Å²) in [6.07, 6.45) is -0.972. The van der Waals surface area contributed by atoms with Gasteiger partial charge in [0.25, 0.3) is 5.91 Å². The van der Waals surface area contributed by atoms with Crippen LogP contribution in [0.25, 0.3) is 0 Å². The van der Waals surface area contributed by atoms with Crippen molar-refractivity contribution < 1.29 is 32.4 Å². The van der Waals surface area contributed by atoms with E-state index in [9.17, 15) is 18.0 Å². The van der Waals surface area contributed by atoms with Gasteiger partial charge in [-0.25, -0.2) is 9.78 Å². The van der Waals surface area contributed by atoms with Crippen molar-refractivity contribution in [2.75, 3.05) is 24.5 Å². The number of anilines is 1. The first kappa shape index (κ1) is 21.6. The van der Waals surface area contributed by atoms with E-state index in [1.807, 2.05) is 17.9 Å². The van der Waals surface area contributed by atoms with Crippen LogP contribution in [-0.2, 0) is 11.3 Å². The third-order valence-corrected chi connectivity index (χ3v) is 4.75. The van der Waals surface area contributed by atoms with Crippen LogP contribution >= 0.6 is 0 Å². The maximum Gasteiger partial charge on any atom is 0.490 e. The molecule has 3 heterocycles. The van der Waals surface area contributed by atoms with Crippen molar-refractivity contribution in [2.24, 2.45) is 5.92 Å². The van der Waals surface area contributed by atoms with Crippen molar-refractivity contribution in [3.05, 3.63) is 41.4 Å². The molecule has 30 heavy (non-hydrogen) atoms. The molecule has 1 aliphatic carbocycles. The Morgan fingerprint density at radius 1 is 1.23 bits per heavy atom. The Morgan fingerprint density at radius 2 is 1.93 bits per heavy atom. The normalized spacial score (nSPS) is 16.3. The lowest BCUT2D eigenvalue weighted by Gasteiger charge is -2.23. The standard InChI is InChI=1S/C17H20N4O2.C2HF3O2/c1-12-2-5-14-11-21(17(22)15-6-7-18-23-15)9-8-20(16(14)19-12)10-13-3-4-13;3-2(4,5)1(6)7/h2,5-7,13H,3-4,8-11H2,1H3;(H,6,7). The van der Waals surface area contributed by atoms with E-state index in [1.54, 1.807) is 6.07 Å². The summed E-state index contributed by atoms with van der Waals surface area (Å²) in [4.78, 5) is 30.4. The van der Waals surface area contributed by atoms with Crippen LogP contribution in [0, 0.1) is 12.8 Å². The highest BCUT2D eigenvalue weighted by molar-refractivity contribution is 5.91. The Kier molecular flexibility index (Phi) is 6.28. The topological polar surface area (TPSA) is 99.8 Å². The minimum Gasteiger partial charge on any atom is -0.475 e. The SMILES string of the molecule is Cc1ccc2c(n1)N(CC1CC1)CCN(C(=O)c1ccno1)C2.O=C(O)C(F)(F)F. The molecule has 11 heteroatoms. The molecule has 1 saturated carbocycles. The maximum absolute atomic E-state index is 12.6. The second-order valence-electron chi connectivity index (χ2n) is 7.23. The summed E-state index contributed by atoms with van der Waals surface area (Å²) in [5.41, 5.74) is 2.11. The zero-order chi connectivity index (χ0) is 21.9. The quantitative estimate of drug-likeness (QED) is 0.806. The van der Waals surface area contributed by atoms with Crippen LogP contribution in [0.1, 0.15) is 34.7 Å². The van der Waals surface area contributed by atoms with E-state index in [2.05, 4.69) is 16.1 Å². The number of pyridine rings is 1. The molecule has 4 rings (SSSR count). The molecular weight excluding hydrogens is 405 g/mol. The zero-order valence-electron chi connectivity index (χ0n) is 16.2. The number of carbonyl (C=O) groups excluding carboxylic acids is 1. The number of carboxylic acid groups (broad SMARTS) is 1. The first-order valence-electron chi connectivity index (χ1n) is 9.36. The summed E-state index contributed by atoms with van der Waals surface area (Å²) in [5.74, 6) is -0.761. The van der Waals surface area contributed by atoms with Crippen LogP contribution in [-0.4, -0.2) is 57.8 Å².